The molecule has 1 atom stereocenters. The SMILES string of the molecule is CC1CN(C(=O)N2CCC(C(=O)Nc3ccccc3Br)CC2)c2cc(Cl)ccc2O1. The van der Waals surface area contributed by atoms with Crippen LogP contribution in [-0.4, -0.2) is 42.6 Å². The number of fused-ring (bicyclic) bond motifs is 1. The number of urea groups is 1. The number of likely N-dealkylation sites (tertiary alicyclic amines) is 1. The van der Waals surface area contributed by atoms with Crippen molar-refractivity contribution in [3.8, 4) is 5.75 Å². The number of rotatable bonds is 2. The van der Waals surface area contributed by atoms with Crippen molar-refractivity contribution < 1.29 is 14.3 Å². The molecule has 0 aromatic heterocycles. The number of ether oxygens (including phenoxy) is 1. The average Bonchev–Trinajstić information content (AvgIpc) is 2.74. The van der Waals surface area contributed by atoms with Crippen molar-refractivity contribution in [2.24, 2.45) is 5.92 Å². The van der Waals surface area contributed by atoms with E-state index in [0.29, 0.717) is 48.9 Å². The molecule has 1 N–H and O–H groups in total. The van der Waals surface area contributed by atoms with E-state index in [1.165, 1.54) is 0 Å². The van der Waals surface area contributed by atoms with Crippen LogP contribution in [0.25, 0.3) is 0 Å². The lowest BCUT2D eigenvalue weighted by molar-refractivity contribution is -0.121. The maximum absolute atomic E-state index is 13.2. The number of hydrogen-bond acceptors (Lipinski definition) is 3. The number of piperidine rings is 1. The third-order valence-electron chi connectivity index (χ3n) is 5.48. The summed E-state index contributed by atoms with van der Waals surface area (Å²) in [5.41, 5.74) is 1.45. The zero-order valence-electron chi connectivity index (χ0n) is 16.6. The third kappa shape index (κ3) is 4.42. The van der Waals surface area contributed by atoms with Crippen molar-refractivity contribution in [2.75, 3.05) is 29.9 Å². The molecule has 3 amide bonds. The van der Waals surface area contributed by atoms with Gasteiger partial charge in [-0.2, -0.15) is 0 Å². The molecule has 0 aliphatic carbocycles. The molecule has 2 heterocycles. The summed E-state index contributed by atoms with van der Waals surface area (Å²) >= 11 is 9.60. The standard InChI is InChI=1S/C22H23BrClN3O3/c1-14-13-27(19-12-16(24)6-7-20(19)30-14)22(29)26-10-8-15(9-11-26)21(28)25-18-5-3-2-4-17(18)23/h2-7,12,14-15H,8-11,13H2,1H3,(H,25,28). The predicted octanol–water partition coefficient (Wildman–Crippen LogP) is 5.16. The maximum atomic E-state index is 13.2. The van der Waals surface area contributed by atoms with Crippen LogP contribution in [0.1, 0.15) is 19.8 Å². The van der Waals surface area contributed by atoms with E-state index in [9.17, 15) is 9.59 Å². The summed E-state index contributed by atoms with van der Waals surface area (Å²) < 4.78 is 6.69. The zero-order valence-corrected chi connectivity index (χ0v) is 18.9. The summed E-state index contributed by atoms with van der Waals surface area (Å²) in [4.78, 5) is 29.4. The van der Waals surface area contributed by atoms with Gasteiger partial charge in [0.1, 0.15) is 11.9 Å². The molecule has 158 valence electrons. The Hall–Kier alpha value is -2.25. The minimum absolute atomic E-state index is 0.00822. The third-order valence-corrected chi connectivity index (χ3v) is 6.41. The Kier molecular flexibility index (Phi) is 6.20. The predicted molar refractivity (Wildman–Crippen MR) is 121 cm³/mol. The topological polar surface area (TPSA) is 61.9 Å². The van der Waals surface area contributed by atoms with Crippen LogP contribution in [0, 0.1) is 5.92 Å². The quantitative estimate of drug-likeness (QED) is 0.630. The van der Waals surface area contributed by atoms with Crippen molar-refractivity contribution in [3.63, 3.8) is 0 Å². The Morgan fingerprint density at radius 2 is 1.90 bits per heavy atom. The van der Waals surface area contributed by atoms with Crippen LogP contribution in [-0.2, 0) is 4.79 Å². The summed E-state index contributed by atoms with van der Waals surface area (Å²) in [5, 5.41) is 3.54. The maximum Gasteiger partial charge on any atom is 0.324 e. The number of halogens is 2. The molecule has 0 bridgehead atoms. The Balaban J connectivity index is 1.40. The molecule has 8 heteroatoms. The fourth-order valence-corrected chi connectivity index (χ4v) is 4.44. The van der Waals surface area contributed by atoms with Gasteiger partial charge in [0.2, 0.25) is 5.91 Å². The molecule has 2 aromatic carbocycles. The van der Waals surface area contributed by atoms with Gasteiger partial charge in [-0.15, -0.1) is 0 Å². The fourth-order valence-electron chi connectivity index (χ4n) is 3.89. The van der Waals surface area contributed by atoms with Gasteiger partial charge in [-0.3, -0.25) is 9.69 Å². The number of para-hydroxylation sites is 1. The molecule has 0 saturated carbocycles. The van der Waals surface area contributed by atoms with E-state index in [0.717, 1.165) is 10.2 Å². The van der Waals surface area contributed by atoms with Crippen molar-refractivity contribution >= 4 is 50.8 Å². The Bertz CT molecular complexity index is 962. The second-order valence-corrected chi connectivity index (χ2v) is 8.95. The van der Waals surface area contributed by atoms with Gasteiger partial charge in [0.15, 0.2) is 0 Å². The molecule has 1 unspecified atom stereocenters. The number of nitrogens with one attached hydrogen (secondary N) is 1. The van der Waals surface area contributed by atoms with Gasteiger partial charge in [0.05, 0.1) is 17.9 Å². The molecule has 30 heavy (non-hydrogen) atoms. The van der Waals surface area contributed by atoms with Gasteiger partial charge < -0.3 is 15.0 Å². The second-order valence-electron chi connectivity index (χ2n) is 7.66. The van der Waals surface area contributed by atoms with Crippen molar-refractivity contribution in [1.82, 2.24) is 4.90 Å². The van der Waals surface area contributed by atoms with Gasteiger partial charge >= 0.3 is 6.03 Å². The van der Waals surface area contributed by atoms with Crippen LogP contribution in [0.5, 0.6) is 5.75 Å². The molecule has 1 fully saturated rings. The number of carbonyl (C=O) groups is 2. The average molecular weight is 493 g/mol. The minimum atomic E-state index is -0.119. The van der Waals surface area contributed by atoms with Crippen molar-refractivity contribution in [1.29, 1.82) is 0 Å². The number of nitrogens with zero attached hydrogens (tertiary/aromatic N) is 2. The van der Waals surface area contributed by atoms with Crippen LogP contribution >= 0.6 is 27.5 Å². The largest absolute Gasteiger partial charge is 0.487 e. The second kappa shape index (κ2) is 8.86. The highest BCUT2D eigenvalue weighted by Crippen LogP contribution is 2.36. The van der Waals surface area contributed by atoms with Gasteiger partial charge in [0.25, 0.3) is 0 Å². The van der Waals surface area contributed by atoms with Crippen LogP contribution in [0.3, 0.4) is 0 Å². The number of hydrogen-bond donors (Lipinski definition) is 1. The first kappa shape index (κ1) is 21.0. The summed E-state index contributed by atoms with van der Waals surface area (Å²) in [6.07, 6.45) is 1.16. The Labute approximate surface area is 189 Å². The van der Waals surface area contributed by atoms with E-state index < -0.39 is 0 Å². The zero-order chi connectivity index (χ0) is 21.3. The molecule has 2 aliphatic heterocycles. The molecule has 1 saturated heterocycles. The highest BCUT2D eigenvalue weighted by Gasteiger charge is 2.34. The highest BCUT2D eigenvalue weighted by atomic mass is 79.9. The van der Waals surface area contributed by atoms with Gasteiger partial charge in [-0.1, -0.05) is 23.7 Å². The monoisotopic (exact) mass is 491 g/mol. The molecule has 2 aliphatic rings. The summed E-state index contributed by atoms with van der Waals surface area (Å²) in [5.74, 6) is 0.534. The van der Waals surface area contributed by atoms with Gasteiger partial charge in [-0.25, -0.2) is 4.79 Å². The first-order valence-electron chi connectivity index (χ1n) is 10.0. The van der Waals surface area contributed by atoms with E-state index in [1.54, 1.807) is 23.1 Å². The Morgan fingerprint density at radius 1 is 1.17 bits per heavy atom. The van der Waals surface area contributed by atoms with Crippen LogP contribution in [0.4, 0.5) is 16.2 Å². The smallest absolute Gasteiger partial charge is 0.324 e. The number of amides is 3. The van der Waals surface area contributed by atoms with Gasteiger partial charge in [0, 0.05) is 28.5 Å². The first-order chi connectivity index (χ1) is 14.4. The molecule has 4 rings (SSSR count). The molecule has 0 radical (unpaired) electrons. The van der Waals surface area contributed by atoms with Crippen LogP contribution < -0.4 is 15.0 Å². The van der Waals surface area contributed by atoms with Crippen LogP contribution in [0.15, 0.2) is 46.9 Å². The first-order valence-corrected chi connectivity index (χ1v) is 11.2. The number of anilines is 2. The number of benzene rings is 2. The summed E-state index contributed by atoms with van der Waals surface area (Å²) in [6, 6.07) is 12.8. The summed E-state index contributed by atoms with van der Waals surface area (Å²) in [6.45, 7) is 3.48. The van der Waals surface area contributed by atoms with E-state index in [-0.39, 0.29) is 24.0 Å². The van der Waals surface area contributed by atoms with E-state index >= 15 is 0 Å². The number of carbonyl (C=O) groups excluding carboxylic acids is 2. The lowest BCUT2D eigenvalue weighted by atomic mass is 9.96. The van der Waals surface area contributed by atoms with Crippen molar-refractivity contribution in [2.45, 2.75) is 25.9 Å². The molecule has 0 spiro atoms. The van der Waals surface area contributed by atoms with E-state index in [2.05, 4.69) is 21.2 Å². The van der Waals surface area contributed by atoms with E-state index in [1.807, 2.05) is 36.1 Å². The lowest BCUT2D eigenvalue weighted by Gasteiger charge is -2.39. The normalized spacial score (nSPS) is 19.1. The Morgan fingerprint density at radius 3 is 2.63 bits per heavy atom. The fraction of sp³-hybridized carbons (Fsp3) is 0.364. The lowest BCUT2D eigenvalue weighted by Crippen LogP contribution is -2.51. The molecular formula is C22H23BrClN3O3. The molecular weight excluding hydrogens is 470 g/mol. The highest BCUT2D eigenvalue weighted by molar-refractivity contribution is 9.10. The molecule has 2 aromatic rings. The van der Waals surface area contributed by atoms with Crippen LogP contribution in [0.2, 0.25) is 5.02 Å². The minimum Gasteiger partial charge on any atom is -0.487 e. The molecule has 6 nitrogen and oxygen atoms in total. The van der Waals surface area contributed by atoms with Gasteiger partial charge in [-0.05, 0) is 66.0 Å². The van der Waals surface area contributed by atoms with E-state index in [4.69, 9.17) is 16.3 Å². The summed E-state index contributed by atoms with van der Waals surface area (Å²) in [7, 11) is 0. The van der Waals surface area contributed by atoms with Crippen molar-refractivity contribution in [3.05, 3.63) is 52.0 Å².